The van der Waals surface area contributed by atoms with Crippen molar-refractivity contribution in [3.8, 4) is 5.75 Å². The van der Waals surface area contributed by atoms with Gasteiger partial charge in [0.15, 0.2) is 6.10 Å². The molecule has 0 aromatic heterocycles. The summed E-state index contributed by atoms with van der Waals surface area (Å²) in [7, 11) is 0. The number of carbonyl (C=O) groups is 1. The Morgan fingerprint density at radius 1 is 1.43 bits per heavy atom. The van der Waals surface area contributed by atoms with E-state index in [9.17, 15) is 9.18 Å². The Balaban J connectivity index is 2.81. The molecule has 1 aromatic rings. The van der Waals surface area contributed by atoms with Crippen molar-refractivity contribution < 1.29 is 24.5 Å². The molecule has 0 spiro atoms. The van der Waals surface area contributed by atoms with E-state index in [1.165, 1.54) is 6.07 Å². The molecule has 0 radical (unpaired) electrons. The molecule has 76 valence electrons. The fourth-order valence-corrected chi connectivity index (χ4v) is 1.06. The summed E-state index contributed by atoms with van der Waals surface area (Å²) in [5, 5.41) is 26.3. The van der Waals surface area contributed by atoms with Crippen molar-refractivity contribution in [3.63, 3.8) is 0 Å². The summed E-state index contributed by atoms with van der Waals surface area (Å²) >= 11 is 0. The van der Waals surface area contributed by atoms with Gasteiger partial charge in [0.25, 0.3) is 0 Å². The number of aromatic hydroxyl groups is 1. The first-order valence-electron chi connectivity index (χ1n) is 3.88. The van der Waals surface area contributed by atoms with Gasteiger partial charge in [0.1, 0.15) is 11.6 Å². The predicted octanol–water partition coefficient (Wildman–Crippen LogP) is 0.519. The maximum atomic E-state index is 12.7. The van der Waals surface area contributed by atoms with E-state index in [4.69, 9.17) is 15.3 Å². The first kappa shape index (κ1) is 10.5. The smallest absolute Gasteiger partial charge is 0.332 e. The summed E-state index contributed by atoms with van der Waals surface area (Å²) in [6.07, 6.45) is -1.82. The highest BCUT2D eigenvalue weighted by Gasteiger charge is 2.14. The third-order valence-electron chi connectivity index (χ3n) is 1.66. The standard InChI is InChI=1S/C9H9FO4/c10-6-1-5(2-7(11)4-6)3-8(12)9(13)14/h1-2,4,8,11-12H,3H2,(H,13,14). The Morgan fingerprint density at radius 3 is 2.57 bits per heavy atom. The lowest BCUT2D eigenvalue weighted by molar-refractivity contribution is -0.146. The zero-order chi connectivity index (χ0) is 10.7. The number of phenolic OH excluding ortho intramolecular Hbond substituents is 1. The second kappa shape index (κ2) is 4.06. The second-order valence-corrected chi connectivity index (χ2v) is 2.88. The van der Waals surface area contributed by atoms with Crippen LogP contribution in [0.25, 0.3) is 0 Å². The van der Waals surface area contributed by atoms with Crippen LogP contribution in [0.15, 0.2) is 18.2 Å². The highest BCUT2D eigenvalue weighted by molar-refractivity contribution is 5.72. The van der Waals surface area contributed by atoms with Gasteiger partial charge in [-0.2, -0.15) is 0 Å². The number of aliphatic hydroxyl groups is 1. The van der Waals surface area contributed by atoms with Gasteiger partial charge in [-0.3, -0.25) is 0 Å². The van der Waals surface area contributed by atoms with Gasteiger partial charge in [0, 0.05) is 12.5 Å². The highest BCUT2D eigenvalue weighted by atomic mass is 19.1. The minimum absolute atomic E-state index is 0.234. The summed E-state index contributed by atoms with van der Waals surface area (Å²) in [5.74, 6) is -2.34. The maximum absolute atomic E-state index is 12.7. The topological polar surface area (TPSA) is 77.8 Å². The van der Waals surface area contributed by atoms with Crippen LogP contribution in [0.4, 0.5) is 4.39 Å². The molecule has 0 fully saturated rings. The molecule has 0 amide bonds. The molecule has 1 rings (SSSR count). The van der Waals surface area contributed by atoms with E-state index in [1.807, 2.05) is 0 Å². The van der Waals surface area contributed by atoms with Crippen LogP contribution in [0, 0.1) is 5.82 Å². The van der Waals surface area contributed by atoms with Crippen molar-refractivity contribution in [1.82, 2.24) is 0 Å². The third-order valence-corrected chi connectivity index (χ3v) is 1.66. The highest BCUT2D eigenvalue weighted by Crippen LogP contribution is 2.15. The van der Waals surface area contributed by atoms with Gasteiger partial charge in [-0.15, -0.1) is 0 Å². The fourth-order valence-electron chi connectivity index (χ4n) is 1.06. The van der Waals surface area contributed by atoms with Crippen molar-refractivity contribution in [2.45, 2.75) is 12.5 Å². The Morgan fingerprint density at radius 2 is 2.07 bits per heavy atom. The van der Waals surface area contributed by atoms with Gasteiger partial charge >= 0.3 is 5.97 Å². The lowest BCUT2D eigenvalue weighted by Crippen LogP contribution is -2.21. The molecular formula is C9H9FO4. The van der Waals surface area contributed by atoms with Gasteiger partial charge in [-0.05, 0) is 17.7 Å². The molecule has 1 aromatic carbocycles. The number of hydrogen-bond acceptors (Lipinski definition) is 3. The second-order valence-electron chi connectivity index (χ2n) is 2.88. The summed E-state index contributed by atoms with van der Waals surface area (Å²) in [6, 6.07) is 3.16. The van der Waals surface area contributed by atoms with Crippen LogP contribution in [0.5, 0.6) is 5.75 Å². The molecule has 5 heteroatoms. The van der Waals surface area contributed by atoms with Crippen LogP contribution in [-0.2, 0) is 11.2 Å². The zero-order valence-electron chi connectivity index (χ0n) is 7.14. The van der Waals surface area contributed by atoms with Crippen LogP contribution < -0.4 is 0 Å². The summed E-state index contributed by atoms with van der Waals surface area (Å²) in [5.41, 5.74) is 0.234. The summed E-state index contributed by atoms with van der Waals surface area (Å²) in [6.45, 7) is 0. The number of benzene rings is 1. The number of hydrogen-bond donors (Lipinski definition) is 3. The van der Waals surface area contributed by atoms with Gasteiger partial charge < -0.3 is 15.3 Å². The predicted molar refractivity (Wildman–Crippen MR) is 45.4 cm³/mol. The van der Waals surface area contributed by atoms with E-state index in [0.717, 1.165) is 12.1 Å². The number of carboxylic acids is 1. The van der Waals surface area contributed by atoms with Crippen molar-refractivity contribution in [3.05, 3.63) is 29.6 Å². The molecule has 0 heterocycles. The fraction of sp³-hybridized carbons (Fsp3) is 0.222. The Hall–Kier alpha value is -1.62. The average Bonchev–Trinajstić information content (AvgIpc) is 2.01. The van der Waals surface area contributed by atoms with Gasteiger partial charge in [0.05, 0.1) is 0 Å². The molecule has 0 aliphatic heterocycles. The number of halogens is 1. The molecule has 0 bridgehead atoms. The molecule has 0 saturated heterocycles. The number of carboxylic acid groups (broad SMARTS) is 1. The molecule has 14 heavy (non-hydrogen) atoms. The lowest BCUT2D eigenvalue weighted by Gasteiger charge is -2.05. The number of aliphatic carboxylic acids is 1. The van der Waals surface area contributed by atoms with E-state index >= 15 is 0 Å². The van der Waals surface area contributed by atoms with E-state index in [2.05, 4.69) is 0 Å². The maximum Gasteiger partial charge on any atom is 0.332 e. The van der Waals surface area contributed by atoms with Gasteiger partial charge in [-0.25, -0.2) is 9.18 Å². The van der Waals surface area contributed by atoms with E-state index in [-0.39, 0.29) is 17.7 Å². The minimum Gasteiger partial charge on any atom is -0.508 e. The van der Waals surface area contributed by atoms with Crippen molar-refractivity contribution in [1.29, 1.82) is 0 Å². The first-order valence-corrected chi connectivity index (χ1v) is 3.88. The molecule has 4 nitrogen and oxygen atoms in total. The molecule has 3 N–H and O–H groups in total. The van der Waals surface area contributed by atoms with E-state index < -0.39 is 17.9 Å². The molecule has 0 saturated carbocycles. The normalized spacial score (nSPS) is 12.4. The van der Waals surface area contributed by atoms with Gasteiger partial charge in [0.2, 0.25) is 0 Å². The molecule has 1 atom stereocenters. The largest absolute Gasteiger partial charge is 0.508 e. The number of rotatable bonds is 3. The molecule has 0 aliphatic carbocycles. The molecule has 0 aliphatic rings. The van der Waals surface area contributed by atoms with Crippen molar-refractivity contribution in [2.75, 3.05) is 0 Å². The van der Waals surface area contributed by atoms with E-state index in [1.54, 1.807) is 0 Å². The Labute approximate surface area is 79.2 Å². The van der Waals surface area contributed by atoms with E-state index in [0.29, 0.717) is 0 Å². The SMILES string of the molecule is O=C(O)C(O)Cc1cc(O)cc(F)c1. The van der Waals surface area contributed by atoms with Crippen LogP contribution in [-0.4, -0.2) is 27.4 Å². The van der Waals surface area contributed by atoms with Crippen LogP contribution in [0.1, 0.15) is 5.56 Å². The first-order chi connectivity index (χ1) is 6.49. The molecular weight excluding hydrogens is 191 g/mol. The average molecular weight is 200 g/mol. The van der Waals surface area contributed by atoms with Crippen molar-refractivity contribution >= 4 is 5.97 Å². The minimum atomic E-state index is -1.59. The monoisotopic (exact) mass is 200 g/mol. The Kier molecular flexibility index (Phi) is 3.03. The third kappa shape index (κ3) is 2.70. The summed E-state index contributed by atoms with van der Waals surface area (Å²) in [4.78, 5) is 10.3. The lowest BCUT2D eigenvalue weighted by atomic mass is 10.1. The summed E-state index contributed by atoms with van der Waals surface area (Å²) < 4.78 is 12.7. The molecule has 1 unspecified atom stereocenters. The number of aliphatic hydroxyl groups excluding tert-OH is 1. The van der Waals surface area contributed by atoms with Crippen molar-refractivity contribution in [2.24, 2.45) is 0 Å². The van der Waals surface area contributed by atoms with Crippen LogP contribution in [0.3, 0.4) is 0 Å². The quantitative estimate of drug-likeness (QED) is 0.664. The number of phenols is 1. The zero-order valence-corrected chi connectivity index (χ0v) is 7.14. The van der Waals surface area contributed by atoms with Crippen LogP contribution >= 0.6 is 0 Å². The van der Waals surface area contributed by atoms with Gasteiger partial charge in [-0.1, -0.05) is 0 Å². The van der Waals surface area contributed by atoms with Crippen LogP contribution in [0.2, 0.25) is 0 Å². The Bertz CT molecular complexity index is 330.